The molecule has 0 aromatic rings. The van der Waals surface area contributed by atoms with Gasteiger partial charge in [0.25, 0.3) is 0 Å². The van der Waals surface area contributed by atoms with Gasteiger partial charge >= 0.3 is 0 Å². The molecule has 0 rings (SSSR count). The zero-order valence-corrected chi connectivity index (χ0v) is 9.66. The number of carbonyl (C=O) groups excluding carboxylic acids is 1. The van der Waals surface area contributed by atoms with E-state index in [-0.39, 0.29) is 29.9 Å². The highest BCUT2D eigenvalue weighted by molar-refractivity contribution is 5.84. The van der Waals surface area contributed by atoms with Crippen molar-refractivity contribution in [3.8, 4) is 0 Å². The molecule has 0 spiro atoms. The predicted octanol–water partition coefficient (Wildman–Crippen LogP) is -0.374. The summed E-state index contributed by atoms with van der Waals surface area (Å²) in [7, 11) is 0. The van der Waals surface area contributed by atoms with E-state index in [1.165, 1.54) is 0 Å². The third kappa shape index (κ3) is 6.73. The Morgan fingerprint density at radius 2 is 2.07 bits per heavy atom. The number of amidine groups is 1. The number of amides is 1. The Hall–Kier alpha value is -1.30. The van der Waals surface area contributed by atoms with Gasteiger partial charge in [0, 0.05) is 5.54 Å². The van der Waals surface area contributed by atoms with Crippen molar-refractivity contribution in [3.63, 3.8) is 0 Å². The van der Waals surface area contributed by atoms with Crippen LogP contribution in [0.1, 0.15) is 27.7 Å². The number of nitrogens with zero attached hydrogens (tertiary/aromatic N) is 1. The summed E-state index contributed by atoms with van der Waals surface area (Å²) in [5.41, 5.74) is 4.99. The van der Waals surface area contributed by atoms with Gasteiger partial charge in [0.2, 0.25) is 5.91 Å². The Kier molecular flexibility index (Phi) is 5.07. The zero-order chi connectivity index (χ0) is 12.1. The molecule has 6 heteroatoms. The quantitative estimate of drug-likeness (QED) is 0.223. The van der Waals surface area contributed by atoms with Crippen molar-refractivity contribution in [3.05, 3.63) is 0 Å². The van der Waals surface area contributed by atoms with E-state index in [9.17, 15) is 4.79 Å². The summed E-state index contributed by atoms with van der Waals surface area (Å²) in [6, 6.07) is -0.385. The average molecular weight is 216 g/mol. The Morgan fingerprint density at radius 1 is 1.53 bits per heavy atom. The third-order valence-electron chi connectivity index (χ3n) is 1.61. The van der Waals surface area contributed by atoms with Gasteiger partial charge in [0.1, 0.15) is 0 Å². The summed E-state index contributed by atoms with van der Waals surface area (Å²) in [4.78, 5) is 11.5. The van der Waals surface area contributed by atoms with Gasteiger partial charge in [-0.2, -0.15) is 0 Å². The minimum atomic E-state index is -0.385. The summed E-state index contributed by atoms with van der Waals surface area (Å²) < 4.78 is 0. The molecule has 0 saturated carbocycles. The van der Waals surface area contributed by atoms with E-state index in [1.807, 2.05) is 20.8 Å². The van der Waals surface area contributed by atoms with Crippen LogP contribution in [0.5, 0.6) is 0 Å². The second-order valence-corrected chi connectivity index (χ2v) is 4.43. The minimum absolute atomic E-state index is 0.0467. The predicted molar refractivity (Wildman–Crippen MR) is 58.8 cm³/mol. The molecule has 0 saturated heterocycles. The molecular weight excluding hydrogens is 196 g/mol. The largest absolute Gasteiger partial charge is 0.409 e. The fraction of sp³-hybridized carbons (Fsp3) is 0.778. The molecule has 0 heterocycles. The molecule has 5 N–H and O–H groups in total. The SMILES string of the molecule is CC(NCC(N)=NO)C(=O)NC(C)(C)C. The van der Waals surface area contributed by atoms with E-state index >= 15 is 0 Å². The summed E-state index contributed by atoms with van der Waals surface area (Å²) in [6.07, 6.45) is 0. The fourth-order valence-corrected chi connectivity index (χ4v) is 0.864. The Morgan fingerprint density at radius 3 is 2.47 bits per heavy atom. The Labute approximate surface area is 89.9 Å². The maximum atomic E-state index is 11.5. The molecular formula is C9H20N4O2. The molecule has 6 nitrogen and oxygen atoms in total. The zero-order valence-electron chi connectivity index (χ0n) is 9.66. The third-order valence-corrected chi connectivity index (χ3v) is 1.61. The first kappa shape index (κ1) is 13.7. The first-order valence-corrected chi connectivity index (χ1v) is 4.78. The number of nitrogens with two attached hydrogens (primary N) is 1. The van der Waals surface area contributed by atoms with Crippen LogP contribution in [0, 0.1) is 0 Å². The van der Waals surface area contributed by atoms with E-state index in [2.05, 4.69) is 15.8 Å². The van der Waals surface area contributed by atoms with Crippen LogP contribution < -0.4 is 16.4 Å². The summed E-state index contributed by atoms with van der Waals surface area (Å²) in [5.74, 6) is -0.0707. The number of carbonyl (C=O) groups is 1. The lowest BCUT2D eigenvalue weighted by atomic mass is 10.1. The second kappa shape index (κ2) is 5.55. The summed E-state index contributed by atoms with van der Waals surface area (Å²) in [6.45, 7) is 7.60. The van der Waals surface area contributed by atoms with Gasteiger partial charge in [0.15, 0.2) is 5.84 Å². The van der Waals surface area contributed by atoms with Crippen LogP contribution in [0.15, 0.2) is 5.16 Å². The molecule has 1 unspecified atom stereocenters. The van der Waals surface area contributed by atoms with Crippen molar-refractivity contribution in [1.29, 1.82) is 0 Å². The number of hydrogen-bond acceptors (Lipinski definition) is 4. The lowest BCUT2D eigenvalue weighted by Gasteiger charge is -2.23. The Balaban J connectivity index is 4.01. The smallest absolute Gasteiger partial charge is 0.237 e. The number of hydrogen-bond donors (Lipinski definition) is 4. The molecule has 1 atom stereocenters. The maximum Gasteiger partial charge on any atom is 0.237 e. The van der Waals surface area contributed by atoms with E-state index in [0.717, 1.165) is 0 Å². The van der Waals surface area contributed by atoms with Crippen molar-refractivity contribution < 1.29 is 10.0 Å². The molecule has 0 bridgehead atoms. The van der Waals surface area contributed by atoms with Gasteiger partial charge in [-0.15, -0.1) is 0 Å². The lowest BCUT2D eigenvalue weighted by molar-refractivity contribution is -0.124. The first-order chi connectivity index (χ1) is 6.76. The number of oxime groups is 1. The topological polar surface area (TPSA) is 99.7 Å². The monoisotopic (exact) mass is 216 g/mol. The van der Waals surface area contributed by atoms with Crippen molar-refractivity contribution in [2.24, 2.45) is 10.9 Å². The van der Waals surface area contributed by atoms with Crippen LogP contribution in [-0.4, -0.2) is 35.1 Å². The van der Waals surface area contributed by atoms with Crippen molar-refractivity contribution in [2.75, 3.05) is 6.54 Å². The normalized spacial score (nSPS) is 14.8. The van der Waals surface area contributed by atoms with Gasteiger partial charge in [-0.25, -0.2) is 0 Å². The number of rotatable bonds is 4. The highest BCUT2D eigenvalue weighted by Crippen LogP contribution is 1.99. The van der Waals surface area contributed by atoms with Gasteiger partial charge in [-0.3, -0.25) is 10.1 Å². The molecule has 0 aromatic heterocycles. The van der Waals surface area contributed by atoms with Crippen molar-refractivity contribution in [2.45, 2.75) is 39.3 Å². The highest BCUT2D eigenvalue weighted by atomic mass is 16.4. The maximum absolute atomic E-state index is 11.5. The van der Waals surface area contributed by atoms with Crippen LogP contribution >= 0.6 is 0 Å². The standard InChI is InChI=1S/C9H20N4O2/c1-6(11-5-7(10)13-15)8(14)12-9(2,3)4/h6,11,15H,5H2,1-4H3,(H2,10,13)(H,12,14). The number of nitrogens with one attached hydrogen (secondary N) is 2. The molecule has 88 valence electrons. The van der Waals surface area contributed by atoms with Gasteiger partial charge < -0.3 is 16.3 Å². The molecule has 15 heavy (non-hydrogen) atoms. The molecule has 0 radical (unpaired) electrons. The van der Waals surface area contributed by atoms with Crippen LogP contribution in [0.25, 0.3) is 0 Å². The van der Waals surface area contributed by atoms with E-state index in [1.54, 1.807) is 6.92 Å². The van der Waals surface area contributed by atoms with Crippen LogP contribution in [-0.2, 0) is 4.79 Å². The highest BCUT2D eigenvalue weighted by Gasteiger charge is 2.18. The Bertz CT molecular complexity index is 245. The van der Waals surface area contributed by atoms with Crippen LogP contribution in [0.4, 0.5) is 0 Å². The molecule has 1 amide bonds. The van der Waals surface area contributed by atoms with E-state index in [4.69, 9.17) is 10.9 Å². The fourth-order valence-electron chi connectivity index (χ4n) is 0.864. The minimum Gasteiger partial charge on any atom is -0.409 e. The van der Waals surface area contributed by atoms with Crippen LogP contribution in [0.2, 0.25) is 0 Å². The van der Waals surface area contributed by atoms with E-state index in [0.29, 0.717) is 0 Å². The van der Waals surface area contributed by atoms with Crippen molar-refractivity contribution in [1.82, 2.24) is 10.6 Å². The summed E-state index contributed by atoms with van der Waals surface area (Å²) >= 11 is 0. The van der Waals surface area contributed by atoms with Crippen molar-refractivity contribution >= 4 is 11.7 Å². The molecule has 0 aliphatic carbocycles. The second-order valence-electron chi connectivity index (χ2n) is 4.43. The lowest BCUT2D eigenvalue weighted by Crippen LogP contribution is -2.50. The van der Waals surface area contributed by atoms with Gasteiger partial charge in [-0.1, -0.05) is 5.16 Å². The van der Waals surface area contributed by atoms with E-state index < -0.39 is 0 Å². The molecule has 0 aliphatic heterocycles. The average Bonchev–Trinajstić information content (AvgIpc) is 2.10. The van der Waals surface area contributed by atoms with Gasteiger partial charge in [0.05, 0.1) is 12.6 Å². The molecule has 0 aromatic carbocycles. The summed E-state index contributed by atoms with van der Waals surface area (Å²) in [5, 5.41) is 16.7. The first-order valence-electron chi connectivity index (χ1n) is 4.78. The van der Waals surface area contributed by atoms with Gasteiger partial charge in [-0.05, 0) is 27.7 Å². The molecule has 0 fully saturated rings. The van der Waals surface area contributed by atoms with Crippen LogP contribution in [0.3, 0.4) is 0 Å². The molecule has 0 aliphatic rings.